The predicted molar refractivity (Wildman–Crippen MR) is 52.2 cm³/mol. The maximum absolute atomic E-state index is 12.6. The molecule has 0 amide bonds. The summed E-state index contributed by atoms with van der Waals surface area (Å²) in [6, 6.07) is 0. The Morgan fingerprint density at radius 2 is 2.24 bits per heavy atom. The van der Waals surface area contributed by atoms with Crippen LogP contribution in [0, 0.1) is 10.1 Å². The van der Waals surface area contributed by atoms with Gasteiger partial charge in [0.2, 0.25) is 0 Å². The minimum Gasteiger partial charge on any atom is -0.465 e. The first-order chi connectivity index (χ1) is 7.90. The summed E-state index contributed by atoms with van der Waals surface area (Å²) >= 11 is 5.34. The molecule has 0 atom stereocenters. The van der Waals surface area contributed by atoms with Crippen LogP contribution in [0.15, 0.2) is 6.20 Å². The van der Waals surface area contributed by atoms with Gasteiger partial charge in [0.1, 0.15) is 10.7 Å². The molecule has 9 heteroatoms. The summed E-state index contributed by atoms with van der Waals surface area (Å²) in [4.78, 5) is 24.0. The molecule has 0 aliphatic carbocycles. The molecule has 17 heavy (non-hydrogen) atoms. The molecule has 0 radical (unpaired) electrons. The van der Waals surface area contributed by atoms with Gasteiger partial charge in [-0.3, -0.25) is 10.1 Å². The van der Waals surface area contributed by atoms with E-state index in [9.17, 15) is 23.7 Å². The average Bonchev–Trinajstić information content (AvgIpc) is 2.26. The zero-order valence-corrected chi connectivity index (χ0v) is 9.07. The van der Waals surface area contributed by atoms with Crippen molar-refractivity contribution in [3.8, 4) is 0 Å². The maximum Gasteiger partial charge on any atom is 0.346 e. The fourth-order valence-electron chi connectivity index (χ4n) is 1.14. The number of methoxy groups -OCH3 is 1. The van der Waals surface area contributed by atoms with Gasteiger partial charge in [0, 0.05) is 0 Å². The van der Waals surface area contributed by atoms with E-state index in [0.29, 0.717) is 0 Å². The zero-order valence-electron chi connectivity index (χ0n) is 8.32. The highest BCUT2D eigenvalue weighted by molar-refractivity contribution is 6.30. The Morgan fingerprint density at radius 1 is 1.65 bits per heavy atom. The van der Waals surface area contributed by atoms with E-state index in [0.717, 1.165) is 13.3 Å². The first-order valence-corrected chi connectivity index (χ1v) is 4.47. The van der Waals surface area contributed by atoms with Crippen molar-refractivity contribution >= 4 is 23.3 Å². The van der Waals surface area contributed by atoms with Crippen LogP contribution in [0.25, 0.3) is 0 Å². The number of carbonyl (C=O) groups excluding carboxylic acids is 1. The Hall–Kier alpha value is -1.83. The fraction of sp³-hybridized carbons (Fsp3) is 0.250. The number of nitro groups is 1. The van der Waals surface area contributed by atoms with Gasteiger partial charge in [-0.2, -0.15) is 0 Å². The molecule has 0 aromatic carbocycles. The predicted octanol–water partition coefficient (Wildman–Crippen LogP) is 2.37. The lowest BCUT2D eigenvalue weighted by molar-refractivity contribution is -0.386. The van der Waals surface area contributed by atoms with Gasteiger partial charge in [0.05, 0.1) is 18.2 Å². The summed E-state index contributed by atoms with van der Waals surface area (Å²) < 4.78 is 29.5. The maximum atomic E-state index is 12.6. The third kappa shape index (κ3) is 2.47. The molecule has 0 unspecified atom stereocenters. The number of ether oxygens (including phenoxy) is 1. The highest BCUT2D eigenvalue weighted by Crippen LogP contribution is 2.36. The van der Waals surface area contributed by atoms with Crippen molar-refractivity contribution in [2.75, 3.05) is 7.11 Å². The quantitative estimate of drug-likeness (QED) is 0.363. The molecule has 1 rings (SSSR count). The first kappa shape index (κ1) is 13.2. The number of esters is 1. The third-order valence-corrected chi connectivity index (χ3v) is 2.15. The van der Waals surface area contributed by atoms with E-state index in [2.05, 4.69) is 9.72 Å². The second-order valence-electron chi connectivity index (χ2n) is 2.77. The lowest BCUT2D eigenvalue weighted by Crippen LogP contribution is -2.10. The van der Waals surface area contributed by atoms with Crippen LogP contribution in [0.3, 0.4) is 0 Å². The molecule has 1 aromatic heterocycles. The second kappa shape index (κ2) is 5.00. The first-order valence-electron chi connectivity index (χ1n) is 4.09. The van der Waals surface area contributed by atoms with Crippen LogP contribution in [-0.2, 0) is 4.74 Å². The Balaban J connectivity index is 3.59. The topological polar surface area (TPSA) is 82.3 Å². The van der Waals surface area contributed by atoms with E-state index < -0.39 is 39.3 Å². The molecular weight excluding hydrogens is 262 g/mol. The van der Waals surface area contributed by atoms with Crippen molar-refractivity contribution in [1.29, 1.82) is 0 Å². The molecule has 1 heterocycles. The Labute approximate surface area is 98.3 Å². The lowest BCUT2D eigenvalue weighted by Gasteiger charge is -2.06. The summed E-state index contributed by atoms with van der Waals surface area (Å²) in [6.45, 7) is 0. The number of halogens is 3. The Morgan fingerprint density at radius 3 is 2.65 bits per heavy atom. The van der Waals surface area contributed by atoms with Crippen LogP contribution in [0.5, 0.6) is 0 Å². The largest absolute Gasteiger partial charge is 0.465 e. The molecule has 0 aliphatic rings. The Bertz CT molecular complexity index is 481. The van der Waals surface area contributed by atoms with E-state index in [1.54, 1.807) is 0 Å². The van der Waals surface area contributed by atoms with Crippen LogP contribution >= 0.6 is 11.6 Å². The summed E-state index contributed by atoms with van der Waals surface area (Å²) in [5, 5.41) is 9.97. The van der Waals surface area contributed by atoms with Crippen molar-refractivity contribution in [1.82, 2.24) is 4.98 Å². The number of rotatable bonds is 3. The highest BCUT2D eigenvalue weighted by Gasteiger charge is 2.33. The van der Waals surface area contributed by atoms with Crippen LogP contribution in [0.2, 0.25) is 5.15 Å². The average molecular weight is 267 g/mol. The molecule has 6 nitrogen and oxygen atoms in total. The van der Waals surface area contributed by atoms with Gasteiger partial charge in [-0.25, -0.2) is 18.6 Å². The van der Waals surface area contributed by atoms with Gasteiger partial charge in [0.15, 0.2) is 5.56 Å². The molecule has 1 aromatic rings. The van der Waals surface area contributed by atoms with Crippen LogP contribution in [0.1, 0.15) is 22.3 Å². The number of hydrogen-bond acceptors (Lipinski definition) is 5. The third-order valence-electron chi connectivity index (χ3n) is 1.85. The summed E-state index contributed by atoms with van der Waals surface area (Å²) in [5.74, 6) is -1.14. The number of hydrogen-bond donors (Lipinski definition) is 0. The number of alkyl halides is 2. The monoisotopic (exact) mass is 266 g/mol. The lowest BCUT2D eigenvalue weighted by atomic mass is 10.1. The molecule has 0 saturated carbocycles. The van der Waals surface area contributed by atoms with Crippen molar-refractivity contribution in [3.05, 3.63) is 32.6 Å². The smallest absolute Gasteiger partial charge is 0.346 e. The normalized spacial score (nSPS) is 10.4. The molecule has 0 saturated heterocycles. The van der Waals surface area contributed by atoms with Crippen LogP contribution in [-0.4, -0.2) is 23.0 Å². The van der Waals surface area contributed by atoms with E-state index in [-0.39, 0.29) is 0 Å². The number of pyridine rings is 1. The van der Waals surface area contributed by atoms with Crippen molar-refractivity contribution in [2.45, 2.75) is 6.43 Å². The van der Waals surface area contributed by atoms with Gasteiger partial charge in [-0.05, 0) is 0 Å². The van der Waals surface area contributed by atoms with Gasteiger partial charge in [-0.1, -0.05) is 11.6 Å². The van der Waals surface area contributed by atoms with Gasteiger partial charge < -0.3 is 4.74 Å². The number of nitrogens with zero attached hydrogens (tertiary/aromatic N) is 2. The molecule has 0 spiro atoms. The number of carbonyl (C=O) groups is 1. The summed E-state index contributed by atoms with van der Waals surface area (Å²) in [7, 11) is 0.961. The van der Waals surface area contributed by atoms with Crippen molar-refractivity contribution in [2.24, 2.45) is 0 Å². The SMILES string of the molecule is COC(=O)c1cnc(Cl)c(C(F)F)c1[N+](=O)[O-]. The second-order valence-corrected chi connectivity index (χ2v) is 3.13. The van der Waals surface area contributed by atoms with Crippen LogP contribution in [0.4, 0.5) is 14.5 Å². The molecule has 0 aliphatic heterocycles. The highest BCUT2D eigenvalue weighted by atomic mass is 35.5. The van der Waals surface area contributed by atoms with Crippen LogP contribution < -0.4 is 0 Å². The number of aromatic nitrogens is 1. The molecule has 0 N–H and O–H groups in total. The molecular formula is C8H5ClF2N2O4. The van der Waals surface area contributed by atoms with E-state index in [1.807, 2.05) is 0 Å². The summed E-state index contributed by atoms with van der Waals surface area (Å²) in [5.41, 5.74) is -2.86. The Kier molecular flexibility index (Phi) is 3.89. The van der Waals surface area contributed by atoms with E-state index in [1.165, 1.54) is 0 Å². The zero-order chi connectivity index (χ0) is 13.2. The van der Waals surface area contributed by atoms with E-state index in [4.69, 9.17) is 11.6 Å². The van der Waals surface area contributed by atoms with Gasteiger partial charge in [0.25, 0.3) is 12.1 Å². The molecule has 92 valence electrons. The summed E-state index contributed by atoms with van der Waals surface area (Å²) in [6.07, 6.45) is -2.50. The minimum absolute atomic E-state index is 0.669. The van der Waals surface area contributed by atoms with Crippen molar-refractivity contribution in [3.63, 3.8) is 0 Å². The van der Waals surface area contributed by atoms with Gasteiger partial charge in [-0.15, -0.1) is 0 Å². The minimum atomic E-state index is -3.22. The molecule has 0 bridgehead atoms. The van der Waals surface area contributed by atoms with Crippen molar-refractivity contribution < 1.29 is 23.2 Å². The molecule has 0 fully saturated rings. The fourth-order valence-corrected chi connectivity index (χ4v) is 1.36. The van der Waals surface area contributed by atoms with Gasteiger partial charge >= 0.3 is 5.97 Å². The van der Waals surface area contributed by atoms with E-state index >= 15 is 0 Å². The standard InChI is InChI=1S/C8H5ClF2N2O4/c1-17-8(14)3-2-12-6(9)4(7(10)11)5(3)13(15)16/h2,7H,1H3.